The first kappa shape index (κ1) is 43.6. The Balaban J connectivity index is 0.000000229. The summed E-state index contributed by atoms with van der Waals surface area (Å²) in [5.41, 5.74) is 13.3. The smallest absolute Gasteiger partial charge is 0.0799 e. The number of aryl methyl sites for hydroxylation is 1. The summed E-state index contributed by atoms with van der Waals surface area (Å²) < 4.78 is 26.4. The van der Waals surface area contributed by atoms with Crippen molar-refractivity contribution in [3.63, 3.8) is 0 Å². The normalized spacial score (nSPS) is 12.2. The van der Waals surface area contributed by atoms with E-state index in [1.54, 1.807) is 6.07 Å². The molecule has 3 aromatic heterocycles. The monoisotopic (exact) mass is 1030 g/mol. The first-order chi connectivity index (χ1) is 29.5. The number of halogens is 1. The van der Waals surface area contributed by atoms with E-state index in [0.29, 0.717) is 11.8 Å². The molecule has 9 rings (SSSR count). The van der Waals surface area contributed by atoms with Crippen LogP contribution in [0.25, 0.3) is 70.7 Å². The van der Waals surface area contributed by atoms with Crippen molar-refractivity contribution in [2.45, 2.75) is 85.8 Å². The molecule has 7 heteroatoms. The molecular formula is C55H54FIrN3SSi-2. The molecule has 3 nitrogen and oxygen atoms in total. The van der Waals surface area contributed by atoms with Gasteiger partial charge in [-0.2, -0.15) is 11.3 Å². The minimum atomic E-state index is -1.57. The first-order valence-electron chi connectivity index (χ1n) is 21.7. The largest absolute Gasteiger partial charge is 0.324 e. The second kappa shape index (κ2) is 18.4. The second-order valence-corrected chi connectivity index (χ2v) is 24.1. The van der Waals surface area contributed by atoms with E-state index < -0.39 is 14.0 Å². The summed E-state index contributed by atoms with van der Waals surface area (Å²) in [5, 5.41) is 3.64. The van der Waals surface area contributed by atoms with Gasteiger partial charge in [-0.15, -0.1) is 48.0 Å². The topological polar surface area (TPSA) is 30.7 Å². The average Bonchev–Trinajstić information content (AvgIpc) is 3.81. The van der Waals surface area contributed by atoms with Crippen molar-refractivity contribution >= 4 is 55.8 Å². The Labute approximate surface area is 386 Å². The van der Waals surface area contributed by atoms with Crippen molar-refractivity contribution in [3.05, 3.63) is 168 Å². The summed E-state index contributed by atoms with van der Waals surface area (Å²) in [6.45, 7) is 21.9. The van der Waals surface area contributed by atoms with Crippen molar-refractivity contribution in [1.29, 1.82) is 0 Å². The molecule has 0 bridgehead atoms. The molecule has 62 heavy (non-hydrogen) atoms. The molecule has 0 spiro atoms. The van der Waals surface area contributed by atoms with Gasteiger partial charge in [-0.3, -0.25) is 9.37 Å². The number of aromatic nitrogens is 3. The van der Waals surface area contributed by atoms with E-state index in [4.69, 9.17) is 6.35 Å². The number of para-hydroxylation sites is 2. The van der Waals surface area contributed by atoms with Crippen molar-refractivity contribution in [2.24, 2.45) is 0 Å². The van der Waals surface area contributed by atoms with Crippen LogP contribution in [0.4, 0.5) is 4.39 Å². The number of thiophene rings is 1. The number of pyridine rings is 1. The van der Waals surface area contributed by atoms with Crippen LogP contribution in [0.3, 0.4) is 0 Å². The van der Waals surface area contributed by atoms with E-state index in [2.05, 4.69) is 173 Å². The zero-order chi connectivity index (χ0) is 44.1. The molecule has 0 atom stereocenters. The van der Waals surface area contributed by atoms with Gasteiger partial charge in [0.1, 0.15) is 0 Å². The average molecular weight is 1030 g/mol. The molecule has 0 unspecified atom stereocenters. The van der Waals surface area contributed by atoms with E-state index >= 15 is 0 Å². The van der Waals surface area contributed by atoms with Crippen LogP contribution in [0.2, 0.25) is 19.6 Å². The third kappa shape index (κ3) is 9.05. The Morgan fingerprint density at radius 3 is 2.05 bits per heavy atom. The number of benzene rings is 6. The number of fused-ring (bicyclic) bond motifs is 4. The Bertz CT molecular complexity index is 3040. The predicted molar refractivity (Wildman–Crippen MR) is 262 cm³/mol. The van der Waals surface area contributed by atoms with Gasteiger partial charge in [0, 0.05) is 39.2 Å². The Morgan fingerprint density at radius 1 is 0.726 bits per heavy atom. The summed E-state index contributed by atoms with van der Waals surface area (Å²) in [6, 6.07) is 48.3. The predicted octanol–water partition coefficient (Wildman–Crippen LogP) is 15.4. The van der Waals surface area contributed by atoms with Crippen molar-refractivity contribution < 1.29 is 25.9 Å². The molecule has 6 aromatic carbocycles. The fourth-order valence-corrected chi connectivity index (χ4v) is 10.9. The van der Waals surface area contributed by atoms with Gasteiger partial charge in [-0.1, -0.05) is 149 Å². The van der Waals surface area contributed by atoms with E-state index in [-0.39, 0.29) is 25.9 Å². The van der Waals surface area contributed by atoms with Crippen LogP contribution in [0.1, 0.15) is 82.9 Å². The summed E-state index contributed by atoms with van der Waals surface area (Å²) in [7, 11) is -1.57. The van der Waals surface area contributed by atoms with Gasteiger partial charge in [0.2, 0.25) is 0 Å². The van der Waals surface area contributed by atoms with Gasteiger partial charge in [0.25, 0.3) is 0 Å². The fraction of sp³-hybridized carbons (Fsp3) is 0.236. The van der Waals surface area contributed by atoms with Gasteiger partial charge < -0.3 is 9.55 Å². The molecule has 0 aliphatic carbocycles. The van der Waals surface area contributed by atoms with E-state index in [1.807, 2.05) is 37.4 Å². The van der Waals surface area contributed by atoms with Crippen LogP contribution in [0.15, 0.2) is 128 Å². The fourth-order valence-electron chi connectivity index (χ4n) is 8.16. The third-order valence-electron chi connectivity index (χ3n) is 11.4. The molecule has 0 amide bonds. The van der Waals surface area contributed by atoms with Crippen LogP contribution in [0, 0.1) is 24.9 Å². The van der Waals surface area contributed by atoms with E-state index in [1.165, 1.54) is 71.0 Å². The quantitative estimate of drug-likeness (QED) is 0.112. The summed E-state index contributed by atoms with van der Waals surface area (Å²) in [6.07, 6.45) is 1.89. The molecule has 317 valence electrons. The minimum absolute atomic E-state index is 0. The van der Waals surface area contributed by atoms with Crippen LogP contribution < -0.4 is 5.19 Å². The van der Waals surface area contributed by atoms with Crippen molar-refractivity contribution in [1.82, 2.24) is 14.5 Å². The van der Waals surface area contributed by atoms with Crippen LogP contribution in [-0.2, 0) is 20.1 Å². The molecule has 3 heterocycles. The van der Waals surface area contributed by atoms with Gasteiger partial charge in [0.15, 0.2) is 0 Å². The van der Waals surface area contributed by atoms with Crippen molar-refractivity contribution in [3.8, 4) is 39.5 Å². The number of hydrogen-bond donors (Lipinski definition) is 0. The third-order valence-corrected chi connectivity index (χ3v) is 14.5. The van der Waals surface area contributed by atoms with Gasteiger partial charge in [0.05, 0.1) is 24.9 Å². The number of rotatable bonds is 8. The minimum Gasteiger partial charge on any atom is -0.324 e. The van der Waals surface area contributed by atoms with Gasteiger partial charge in [-0.05, 0) is 97.5 Å². The number of hydrogen-bond acceptors (Lipinski definition) is 3. The molecule has 0 saturated heterocycles. The molecular weight excluding hydrogens is 974 g/mol. The molecule has 0 saturated carbocycles. The number of imidazole rings is 1. The molecule has 9 aromatic rings. The van der Waals surface area contributed by atoms with Crippen molar-refractivity contribution in [2.75, 3.05) is 0 Å². The zero-order valence-electron chi connectivity index (χ0n) is 38.2. The molecule has 0 aliphatic rings. The van der Waals surface area contributed by atoms with Crippen LogP contribution in [-0.4, -0.2) is 22.6 Å². The maximum atomic E-state index is 13.0. The van der Waals surface area contributed by atoms with Gasteiger partial charge in [-0.25, -0.2) is 0 Å². The maximum absolute atomic E-state index is 13.0. The van der Waals surface area contributed by atoms with E-state index in [9.17, 15) is 4.39 Å². The Morgan fingerprint density at radius 2 is 1.40 bits per heavy atom. The summed E-state index contributed by atoms with van der Waals surface area (Å²) in [4.78, 5) is 9.78. The van der Waals surface area contributed by atoms with Gasteiger partial charge >= 0.3 is 0 Å². The maximum Gasteiger partial charge on any atom is 0.0799 e. The van der Waals surface area contributed by atoms with Crippen LogP contribution >= 0.6 is 11.3 Å². The van der Waals surface area contributed by atoms with Crippen LogP contribution in [0.5, 0.6) is 0 Å². The zero-order valence-corrected chi connectivity index (χ0v) is 41.5. The Hall–Kier alpha value is -5.04. The van der Waals surface area contributed by atoms with E-state index in [0.717, 1.165) is 39.2 Å². The second-order valence-electron chi connectivity index (χ2n) is 17.9. The molecule has 1 radical (unpaired) electrons. The number of nitrogens with zero attached hydrogens (tertiary/aromatic N) is 3. The summed E-state index contributed by atoms with van der Waals surface area (Å²) >= 11 is 1.84. The molecule has 0 aliphatic heterocycles. The Kier molecular flexibility index (Phi) is 12.9. The summed E-state index contributed by atoms with van der Waals surface area (Å²) in [5.74, 6) is 0.605. The molecule has 0 N–H and O–H groups in total. The first-order valence-corrected chi connectivity index (χ1v) is 25.5. The molecule has 0 fully saturated rings. The SMILES string of the molecule is Cc1ccc2c(c1)sc1ccc(-c3nc4ccccc4n3-c3c(C(C)C)cc(-c4ccccc4)cc3C(C)C)[c-]c12.[2H]C(C)(C)c1cc(-c2[c-]cc(F)cc2)ncc1[Si](C)(C)C.[Ir]. The standard InChI is InChI=1S/C38H33N2S.C17H21FNSi.Ir/c1-23(2)30-21-28(26-11-7-6-8-12-26)22-31(24(3)4)37(30)40-34-14-10-9-13-33(34)39-38(40)27-16-18-35-32(20-27)29-17-15-25(5)19-36(29)41-35;1-12(2)15-10-16(13-6-8-14(18)9-7-13)19-11-17(15)20(3,4)5;/h6-19,21-24H,1-5H3;6,8-12H,1-5H3;/q2*-1;/i;12D;.